The summed E-state index contributed by atoms with van der Waals surface area (Å²) < 4.78 is 2.06. The number of nitrogens with one attached hydrogen (secondary N) is 2. The summed E-state index contributed by atoms with van der Waals surface area (Å²) in [5, 5.41) is 7.55. The van der Waals surface area contributed by atoms with E-state index in [0.29, 0.717) is 19.0 Å². The van der Waals surface area contributed by atoms with Crippen molar-refractivity contribution in [1.29, 1.82) is 0 Å². The maximum atomic E-state index is 11.8. The third-order valence-electron chi connectivity index (χ3n) is 6.09. The van der Waals surface area contributed by atoms with Crippen LogP contribution < -0.4 is 10.6 Å². The largest absolute Gasteiger partial charge is 0.366 e. The Morgan fingerprint density at radius 1 is 1.00 bits per heavy atom. The Kier molecular flexibility index (Phi) is 5.89. The van der Waals surface area contributed by atoms with Crippen LogP contribution in [0, 0.1) is 0 Å². The van der Waals surface area contributed by atoms with E-state index in [1.807, 2.05) is 30.3 Å². The highest BCUT2D eigenvalue weighted by Crippen LogP contribution is 2.29. The van der Waals surface area contributed by atoms with E-state index in [9.17, 15) is 4.79 Å². The molecule has 2 aromatic heterocycles. The number of aryl methyl sites for hydroxylation is 1. The molecule has 5 rings (SSSR count). The quantitative estimate of drug-likeness (QED) is 0.411. The van der Waals surface area contributed by atoms with Crippen molar-refractivity contribution < 1.29 is 4.79 Å². The Morgan fingerprint density at radius 2 is 1.79 bits per heavy atom. The Labute approximate surface area is 193 Å². The van der Waals surface area contributed by atoms with Gasteiger partial charge in [-0.15, -0.1) is 0 Å². The molecule has 0 saturated carbocycles. The number of carbonyl (C=O) groups excluding carboxylic acids is 1. The molecule has 0 spiro atoms. The van der Waals surface area contributed by atoms with Crippen molar-refractivity contribution in [3.63, 3.8) is 0 Å². The molecule has 0 saturated heterocycles. The Hall–Kier alpha value is -3.93. The topological polar surface area (TPSA) is 71.8 Å². The Bertz CT molecular complexity index is 1310. The van der Waals surface area contributed by atoms with Gasteiger partial charge >= 0.3 is 0 Å². The minimum Gasteiger partial charge on any atom is -0.366 e. The van der Waals surface area contributed by atoms with Crippen LogP contribution in [-0.2, 0) is 30.7 Å². The molecular weight excluding hydrogens is 410 g/mol. The van der Waals surface area contributed by atoms with Crippen LogP contribution in [0.25, 0.3) is 16.9 Å². The molecule has 4 aromatic rings. The van der Waals surface area contributed by atoms with E-state index >= 15 is 0 Å². The molecule has 0 unspecified atom stereocenters. The molecule has 0 bridgehead atoms. The summed E-state index contributed by atoms with van der Waals surface area (Å²) in [4.78, 5) is 21.9. The molecule has 33 heavy (non-hydrogen) atoms. The fourth-order valence-corrected chi connectivity index (χ4v) is 4.44. The summed E-state index contributed by atoms with van der Waals surface area (Å²) in [5.41, 5.74) is 5.49. The zero-order valence-corrected chi connectivity index (χ0v) is 18.6. The van der Waals surface area contributed by atoms with Gasteiger partial charge in [0.05, 0.1) is 17.8 Å². The molecule has 166 valence electrons. The van der Waals surface area contributed by atoms with E-state index in [4.69, 9.17) is 9.97 Å². The van der Waals surface area contributed by atoms with Gasteiger partial charge in [-0.05, 0) is 49.5 Å². The number of amides is 1. The van der Waals surface area contributed by atoms with Gasteiger partial charge in [0.15, 0.2) is 0 Å². The Balaban J connectivity index is 1.58. The average Bonchev–Trinajstić information content (AvgIpc) is 3.24. The van der Waals surface area contributed by atoms with Crippen LogP contribution in [-0.4, -0.2) is 20.4 Å². The predicted molar refractivity (Wildman–Crippen MR) is 131 cm³/mol. The van der Waals surface area contributed by atoms with Gasteiger partial charge in [-0.3, -0.25) is 9.36 Å². The Morgan fingerprint density at radius 3 is 2.64 bits per heavy atom. The van der Waals surface area contributed by atoms with Gasteiger partial charge in [0, 0.05) is 23.2 Å². The van der Waals surface area contributed by atoms with Crippen molar-refractivity contribution in [3.8, 4) is 5.95 Å². The summed E-state index contributed by atoms with van der Waals surface area (Å²) in [6.45, 7) is 4.62. The molecule has 2 N–H and O–H groups in total. The number of anilines is 1. The molecule has 1 aliphatic rings. The van der Waals surface area contributed by atoms with Crippen LogP contribution in [0.1, 0.15) is 35.4 Å². The lowest BCUT2D eigenvalue weighted by Gasteiger charge is -2.21. The second-order valence-corrected chi connectivity index (χ2v) is 8.30. The highest BCUT2D eigenvalue weighted by atomic mass is 16.1. The highest BCUT2D eigenvalue weighted by molar-refractivity contribution is 5.87. The van der Waals surface area contributed by atoms with Gasteiger partial charge in [-0.2, -0.15) is 4.98 Å². The number of rotatable bonds is 7. The third kappa shape index (κ3) is 4.37. The van der Waals surface area contributed by atoms with Crippen LogP contribution in [0.15, 0.2) is 73.3 Å². The van der Waals surface area contributed by atoms with Crippen molar-refractivity contribution >= 4 is 22.6 Å². The van der Waals surface area contributed by atoms with E-state index in [2.05, 4.69) is 52.1 Å². The molecule has 0 radical (unpaired) electrons. The molecule has 6 nitrogen and oxygen atoms in total. The predicted octanol–water partition coefficient (Wildman–Crippen LogP) is 4.71. The molecule has 0 atom stereocenters. The van der Waals surface area contributed by atoms with Gasteiger partial charge in [0.1, 0.15) is 5.82 Å². The van der Waals surface area contributed by atoms with E-state index in [0.717, 1.165) is 53.8 Å². The first-order valence-corrected chi connectivity index (χ1v) is 11.4. The second kappa shape index (κ2) is 9.28. The van der Waals surface area contributed by atoms with Crippen molar-refractivity contribution in [2.75, 3.05) is 5.32 Å². The lowest BCUT2D eigenvalue weighted by Crippen LogP contribution is -2.22. The van der Waals surface area contributed by atoms with Gasteiger partial charge < -0.3 is 10.6 Å². The van der Waals surface area contributed by atoms with Crippen molar-refractivity contribution in [3.05, 3.63) is 95.8 Å². The number of aromatic nitrogens is 3. The van der Waals surface area contributed by atoms with Crippen LogP contribution in [0.5, 0.6) is 0 Å². The third-order valence-corrected chi connectivity index (χ3v) is 6.09. The van der Waals surface area contributed by atoms with Gasteiger partial charge in [0.25, 0.3) is 0 Å². The molecule has 2 aromatic carbocycles. The smallest absolute Gasteiger partial charge is 0.243 e. The number of benzene rings is 2. The van der Waals surface area contributed by atoms with Crippen LogP contribution in [0.3, 0.4) is 0 Å². The maximum absolute atomic E-state index is 11.8. The average molecular weight is 438 g/mol. The second-order valence-electron chi connectivity index (χ2n) is 8.30. The molecule has 1 amide bonds. The number of nitrogens with zero attached hydrogens (tertiary/aromatic N) is 3. The molecule has 0 fully saturated rings. The zero-order chi connectivity index (χ0) is 22.6. The standard InChI is InChI=1S/C27H27N5O/c1-2-25(33)28-18-21-16-20-12-6-9-15-24(20)32(21)27-30-23-14-8-7-13-22(23)26(31-27)29-17-19-10-4-3-5-11-19/h2-6,9-12,15-16H,1,7-8,13-14,17-18H2,(H,28,33)(H,29,30,31). The first-order valence-electron chi connectivity index (χ1n) is 11.4. The number of carbonyl (C=O) groups is 1. The normalized spacial score (nSPS) is 12.8. The first-order chi connectivity index (χ1) is 16.2. The van der Waals surface area contributed by atoms with E-state index in [1.165, 1.54) is 17.2 Å². The monoisotopic (exact) mass is 437 g/mol. The fraction of sp³-hybridized carbons (Fsp3) is 0.222. The van der Waals surface area contributed by atoms with E-state index < -0.39 is 0 Å². The van der Waals surface area contributed by atoms with Crippen LogP contribution >= 0.6 is 0 Å². The van der Waals surface area contributed by atoms with Gasteiger partial charge in [0.2, 0.25) is 11.9 Å². The summed E-state index contributed by atoms with van der Waals surface area (Å²) in [7, 11) is 0. The van der Waals surface area contributed by atoms with E-state index in [1.54, 1.807) is 0 Å². The minimum absolute atomic E-state index is 0.205. The van der Waals surface area contributed by atoms with Crippen molar-refractivity contribution in [2.24, 2.45) is 0 Å². The van der Waals surface area contributed by atoms with Gasteiger partial charge in [-0.25, -0.2) is 4.98 Å². The molecule has 6 heteroatoms. The minimum atomic E-state index is -0.205. The lowest BCUT2D eigenvalue weighted by molar-refractivity contribution is -0.116. The molecule has 0 aliphatic heterocycles. The van der Waals surface area contributed by atoms with Crippen LogP contribution in [0.2, 0.25) is 0 Å². The summed E-state index contributed by atoms with van der Waals surface area (Å²) in [6.07, 6.45) is 5.51. The molecule has 1 aliphatic carbocycles. The highest BCUT2D eigenvalue weighted by Gasteiger charge is 2.21. The SMILES string of the molecule is C=CC(=O)NCc1cc2ccccc2n1-c1nc2c(c(NCc3ccccc3)n1)CCCC2. The maximum Gasteiger partial charge on any atom is 0.243 e. The zero-order valence-electron chi connectivity index (χ0n) is 18.6. The van der Waals surface area contributed by atoms with E-state index in [-0.39, 0.29) is 5.91 Å². The van der Waals surface area contributed by atoms with Crippen molar-refractivity contribution in [1.82, 2.24) is 19.9 Å². The van der Waals surface area contributed by atoms with Gasteiger partial charge in [-0.1, -0.05) is 55.1 Å². The first kappa shape index (κ1) is 20.9. The fourth-order valence-electron chi connectivity index (χ4n) is 4.44. The number of hydrogen-bond donors (Lipinski definition) is 2. The summed E-state index contributed by atoms with van der Waals surface area (Å²) >= 11 is 0. The lowest BCUT2D eigenvalue weighted by atomic mass is 9.96. The number of hydrogen-bond acceptors (Lipinski definition) is 4. The number of fused-ring (bicyclic) bond motifs is 2. The van der Waals surface area contributed by atoms with Crippen LogP contribution in [0.4, 0.5) is 5.82 Å². The molecule has 2 heterocycles. The summed E-state index contributed by atoms with van der Waals surface area (Å²) in [5.74, 6) is 1.33. The molecular formula is C27H27N5O. The van der Waals surface area contributed by atoms with Crippen molar-refractivity contribution in [2.45, 2.75) is 38.8 Å². The summed E-state index contributed by atoms with van der Waals surface area (Å²) in [6, 6.07) is 20.6. The number of para-hydroxylation sites is 1.